The van der Waals surface area contributed by atoms with Gasteiger partial charge in [-0.15, -0.1) is 0 Å². The molecule has 0 saturated heterocycles. The molecule has 66 valence electrons. The second kappa shape index (κ2) is 4.34. The van der Waals surface area contributed by atoms with Gasteiger partial charge in [0.15, 0.2) is 0 Å². The summed E-state index contributed by atoms with van der Waals surface area (Å²) in [5.74, 6) is -0.846. The first-order chi connectivity index (χ1) is 4.98. The number of rotatable bonds is 5. The van der Waals surface area contributed by atoms with Crippen molar-refractivity contribution in [2.24, 2.45) is 0 Å². The van der Waals surface area contributed by atoms with Crippen molar-refractivity contribution in [2.45, 2.75) is 45.1 Å². The van der Waals surface area contributed by atoms with Crippen LogP contribution >= 0.6 is 0 Å². The van der Waals surface area contributed by atoms with Crippen LogP contribution in [0.2, 0.25) is 0 Å². The molecule has 0 bridgehead atoms. The zero-order valence-corrected chi connectivity index (χ0v) is 7.13. The number of aliphatic hydroxyl groups is 1. The van der Waals surface area contributed by atoms with Crippen LogP contribution in [0.4, 0.5) is 0 Å². The highest BCUT2D eigenvalue weighted by Crippen LogP contribution is 2.17. The predicted octanol–water partition coefficient (Wildman–Crippen LogP) is 1.40. The van der Waals surface area contributed by atoms with Gasteiger partial charge < -0.3 is 10.2 Å². The van der Waals surface area contributed by atoms with Crippen LogP contribution in [0.15, 0.2) is 0 Å². The number of carboxylic acid groups (broad SMARTS) is 1. The van der Waals surface area contributed by atoms with Crippen LogP contribution in [-0.2, 0) is 4.79 Å². The average Bonchev–Trinajstić information content (AvgIpc) is 1.84. The Morgan fingerprint density at radius 2 is 2.00 bits per heavy atom. The first kappa shape index (κ1) is 10.4. The molecule has 0 saturated carbocycles. The second-order valence-electron chi connectivity index (χ2n) is 3.14. The van der Waals surface area contributed by atoms with Crippen LogP contribution in [-0.4, -0.2) is 21.8 Å². The summed E-state index contributed by atoms with van der Waals surface area (Å²) in [5, 5.41) is 17.8. The lowest BCUT2D eigenvalue weighted by molar-refractivity contribution is -0.138. The molecular formula is C8H16O3. The van der Waals surface area contributed by atoms with Gasteiger partial charge in [-0.1, -0.05) is 13.3 Å². The second-order valence-corrected chi connectivity index (χ2v) is 3.14. The maximum absolute atomic E-state index is 10.1. The number of hydrogen-bond acceptors (Lipinski definition) is 2. The van der Waals surface area contributed by atoms with Gasteiger partial charge in [-0.3, -0.25) is 4.79 Å². The Morgan fingerprint density at radius 1 is 1.45 bits per heavy atom. The molecule has 0 heterocycles. The minimum Gasteiger partial charge on any atom is -0.481 e. The molecule has 0 aromatic heterocycles. The van der Waals surface area contributed by atoms with Crippen molar-refractivity contribution in [1.29, 1.82) is 0 Å². The molecule has 3 heteroatoms. The van der Waals surface area contributed by atoms with Crippen molar-refractivity contribution in [2.75, 3.05) is 0 Å². The fraction of sp³-hybridized carbons (Fsp3) is 0.875. The molecule has 1 unspecified atom stereocenters. The highest BCUT2D eigenvalue weighted by Gasteiger charge is 2.19. The van der Waals surface area contributed by atoms with E-state index in [0.717, 1.165) is 6.42 Å². The number of hydrogen-bond donors (Lipinski definition) is 2. The summed E-state index contributed by atoms with van der Waals surface area (Å²) in [6.45, 7) is 3.65. The summed E-state index contributed by atoms with van der Waals surface area (Å²) in [6, 6.07) is 0. The van der Waals surface area contributed by atoms with Crippen molar-refractivity contribution in [1.82, 2.24) is 0 Å². The van der Waals surface area contributed by atoms with Crippen molar-refractivity contribution in [3.8, 4) is 0 Å². The lowest BCUT2D eigenvalue weighted by atomic mass is 9.95. The van der Waals surface area contributed by atoms with E-state index < -0.39 is 11.6 Å². The zero-order chi connectivity index (χ0) is 8.91. The molecule has 0 aromatic carbocycles. The van der Waals surface area contributed by atoms with Gasteiger partial charge in [0.1, 0.15) is 0 Å². The monoisotopic (exact) mass is 160 g/mol. The lowest BCUT2D eigenvalue weighted by Gasteiger charge is -2.21. The van der Waals surface area contributed by atoms with Crippen LogP contribution in [0.1, 0.15) is 39.5 Å². The Hall–Kier alpha value is -0.570. The Morgan fingerprint density at radius 3 is 2.36 bits per heavy atom. The number of carboxylic acids is 1. The van der Waals surface area contributed by atoms with Gasteiger partial charge in [0.2, 0.25) is 0 Å². The summed E-state index contributed by atoms with van der Waals surface area (Å²) >= 11 is 0. The van der Waals surface area contributed by atoms with Crippen LogP contribution < -0.4 is 0 Å². The first-order valence-electron chi connectivity index (χ1n) is 3.92. The molecule has 0 spiro atoms. The lowest BCUT2D eigenvalue weighted by Crippen LogP contribution is -2.24. The van der Waals surface area contributed by atoms with Gasteiger partial charge in [-0.05, 0) is 19.8 Å². The van der Waals surface area contributed by atoms with Crippen LogP contribution in [0.25, 0.3) is 0 Å². The van der Waals surface area contributed by atoms with E-state index in [4.69, 9.17) is 5.11 Å². The third kappa shape index (κ3) is 5.85. The Kier molecular flexibility index (Phi) is 4.11. The van der Waals surface area contributed by atoms with Crippen LogP contribution in [0.3, 0.4) is 0 Å². The van der Waals surface area contributed by atoms with E-state index >= 15 is 0 Å². The highest BCUT2D eigenvalue weighted by molar-refractivity contribution is 5.66. The molecule has 0 rings (SSSR count). The zero-order valence-electron chi connectivity index (χ0n) is 7.13. The predicted molar refractivity (Wildman–Crippen MR) is 42.4 cm³/mol. The molecule has 11 heavy (non-hydrogen) atoms. The van der Waals surface area contributed by atoms with E-state index in [-0.39, 0.29) is 6.42 Å². The molecule has 0 radical (unpaired) electrons. The fourth-order valence-electron chi connectivity index (χ4n) is 1.04. The molecule has 0 fully saturated rings. The molecule has 2 N–H and O–H groups in total. The van der Waals surface area contributed by atoms with Crippen molar-refractivity contribution < 1.29 is 15.0 Å². The Balaban J connectivity index is 3.63. The quantitative estimate of drug-likeness (QED) is 0.639. The normalized spacial score (nSPS) is 15.9. The summed E-state index contributed by atoms with van der Waals surface area (Å²) in [6.07, 6.45) is 1.94. The van der Waals surface area contributed by atoms with Crippen LogP contribution in [0.5, 0.6) is 0 Å². The maximum Gasteiger partial charge on any atom is 0.303 e. The van der Waals surface area contributed by atoms with Gasteiger partial charge in [0, 0.05) is 6.42 Å². The average molecular weight is 160 g/mol. The van der Waals surface area contributed by atoms with E-state index in [0.29, 0.717) is 12.8 Å². The summed E-state index contributed by atoms with van der Waals surface area (Å²) in [5.41, 5.74) is -0.798. The molecule has 1 atom stereocenters. The molecule has 0 aliphatic carbocycles. The Labute approximate surface area is 67.0 Å². The van der Waals surface area contributed by atoms with E-state index in [2.05, 4.69) is 0 Å². The Bertz CT molecular complexity index is 129. The van der Waals surface area contributed by atoms with Gasteiger partial charge in [0.25, 0.3) is 0 Å². The topological polar surface area (TPSA) is 57.5 Å². The van der Waals surface area contributed by atoms with E-state index in [9.17, 15) is 9.90 Å². The van der Waals surface area contributed by atoms with Gasteiger partial charge in [-0.25, -0.2) is 0 Å². The van der Waals surface area contributed by atoms with E-state index in [1.807, 2.05) is 6.92 Å². The highest BCUT2D eigenvalue weighted by atomic mass is 16.4. The number of carbonyl (C=O) groups is 1. The first-order valence-corrected chi connectivity index (χ1v) is 3.92. The SMILES string of the molecule is CCCC(C)(O)CCC(=O)O. The molecule has 0 amide bonds. The molecular weight excluding hydrogens is 144 g/mol. The van der Waals surface area contributed by atoms with Gasteiger partial charge in [-0.2, -0.15) is 0 Å². The summed E-state index contributed by atoms with van der Waals surface area (Å²) in [7, 11) is 0. The van der Waals surface area contributed by atoms with Crippen molar-refractivity contribution >= 4 is 5.97 Å². The van der Waals surface area contributed by atoms with Gasteiger partial charge >= 0.3 is 5.97 Å². The third-order valence-corrected chi connectivity index (χ3v) is 1.67. The standard InChI is InChI=1S/C8H16O3/c1-3-5-8(2,11)6-4-7(9)10/h11H,3-6H2,1-2H3,(H,9,10). The largest absolute Gasteiger partial charge is 0.481 e. The number of aliphatic carboxylic acids is 1. The van der Waals surface area contributed by atoms with Crippen LogP contribution in [0, 0.1) is 0 Å². The molecule has 3 nitrogen and oxygen atoms in total. The van der Waals surface area contributed by atoms with E-state index in [1.165, 1.54) is 0 Å². The summed E-state index contributed by atoms with van der Waals surface area (Å²) in [4.78, 5) is 10.1. The smallest absolute Gasteiger partial charge is 0.303 e. The van der Waals surface area contributed by atoms with E-state index in [1.54, 1.807) is 6.92 Å². The maximum atomic E-state index is 10.1. The minimum absolute atomic E-state index is 0.0486. The van der Waals surface area contributed by atoms with Crippen molar-refractivity contribution in [3.05, 3.63) is 0 Å². The molecule has 0 aromatic rings. The van der Waals surface area contributed by atoms with Crippen molar-refractivity contribution in [3.63, 3.8) is 0 Å². The fourth-order valence-corrected chi connectivity index (χ4v) is 1.04. The molecule has 0 aliphatic heterocycles. The molecule has 0 aliphatic rings. The minimum atomic E-state index is -0.846. The van der Waals surface area contributed by atoms with Gasteiger partial charge in [0.05, 0.1) is 5.60 Å². The third-order valence-electron chi connectivity index (χ3n) is 1.67. The summed E-state index contributed by atoms with van der Waals surface area (Å²) < 4.78 is 0.